The van der Waals surface area contributed by atoms with Gasteiger partial charge in [-0.25, -0.2) is 0 Å². The van der Waals surface area contributed by atoms with Gasteiger partial charge in [-0.05, 0) is 12.8 Å². The Hall–Kier alpha value is 0.190. The molecule has 0 rings (SSSR count). The van der Waals surface area contributed by atoms with E-state index in [1.54, 1.807) is 0 Å². The summed E-state index contributed by atoms with van der Waals surface area (Å²) in [5, 5.41) is 0. The average Bonchev–Trinajstić information content (AvgIpc) is 2.06. The number of unbranched alkanes of at least 4 members (excludes halogenated alkanes) is 2. The minimum Gasteiger partial charge on any atom is -0.329 e. The van der Waals surface area contributed by atoms with Crippen LogP contribution in [0.15, 0.2) is 0 Å². The van der Waals surface area contributed by atoms with Crippen LogP contribution in [0, 0.1) is 0 Å². The molecule has 0 radical (unpaired) electrons. The van der Waals surface area contributed by atoms with Crippen LogP contribution in [0.4, 0.5) is 0 Å². The van der Waals surface area contributed by atoms with E-state index in [4.69, 9.17) is 4.52 Å². The van der Waals surface area contributed by atoms with E-state index in [1.807, 2.05) is 0 Å². The van der Waals surface area contributed by atoms with E-state index < -0.39 is 8.69 Å². The van der Waals surface area contributed by atoms with E-state index in [1.165, 1.54) is 19.3 Å². The maximum Gasteiger partial charge on any atom is 0.180 e. The van der Waals surface area contributed by atoms with Crippen LogP contribution in [0.25, 0.3) is 0 Å². The zero-order valence-corrected chi connectivity index (χ0v) is 9.37. The van der Waals surface area contributed by atoms with Gasteiger partial charge >= 0.3 is 0 Å². The summed E-state index contributed by atoms with van der Waals surface area (Å²) in [5.74, 6) is 0. The number of rotatable bonds is 8. The van der Waals surface area contributed by atoms with Gasteiger partial charge in [0.1, 0.15) is 0 Å². The van der Waals surface area contributed by atoms with E-state index >= 15 is 0 Å². The maximum absolute atomic E-state index is 10.3. The van der Waals surface area contributed by atoms with E-state index in [0.29, 0.717) is 0 Å². The summed E-state index contributed by atoms with van der Waals surface area (Å²) < 4.78 is 15.5. The van der Waals surface area contributed by atoms with Crippen LogP contribution in [0.1, 0.15) is 52.4 Å². The van der Waals surface area contributed by atoms with Crippen molar-refractivity contribution in [3.05, 3.63) is 0 Å². The van der Waals surface area contributed by atoms with Crippen molar-refractivity contribution in [2.75, 3.05) is 0 Å². The van der Waals surface area contributed by atoms with E-state index in [2.05, 4.69) is 13.8 Å². The zero-order valence-electron chi connectivity index (χ0n) is 8.21. The maximum atomic E-state index is 10.3. The van der Waals surface area contributed by atoms with Crippen molar-refractivity contribution in [2.24, 2.45) is 0 Å². The van der Waals surface area contributed by atoms with Crippen molar-refractivity contribution in [2.45, 2.75) is 58.5 Å². The Morgan fingerprint density at radius 2 is 1.92 bits per heavy atom. The second-order valence-corrected chi connectivity index (χ2v) is 3.60. The molecule has 3 heteroatoms. The van der Waals surface area contributed by atoms with Crippen molar-refractivity contribution in [1.82, 2.24) is 0 Å². The monoisotopic (exact) mass is 192 g/mol. The molecule has 0 aliphatic rings. The first kappa shape index (κ1) is 12.2. The first-order valence-electron chi connectivity index (χ1n) is 4.94. The average molecular weight is 192 g/mol. The molecule has 0 heterocycles. The second-order valence-electron chi connectivity index (χ2n) is 3.14. The van der Waals surface area contributed by atoms with Crippen LogP contribution in [-0.4, -0.2) is 6.10 Å². The Kier molecular flexibility index (Phi) is 9.43. The molecule has 0 saturated carbocycles. The molecule has 0 aromatic heterocycles. The topological polar surface area (TPSA) is 26.3 Å². The normalized spacial score (nSPS) is 14.2. The van der Waals surface area contributed by atoms with Gasteiger partial charge in [-0.15, -0.1) is 0 Å². The number of hydrogen-bond acceptors (Lipinski definition) is 2. The van der Waals surface area contributed by atoms with E-state index in [-0.39, 0.29) is 6.10 Å². The van der Waals surface area contributed by atoms with Crippen LogP contribution in [0.3, 0.4) is 0 Å². The van der Waals surface area contributed by atoms with Gasteiger partial charge in [-0.3, -0.25) is 4.57 Å². The summed E-state index contributed by atoms with van der Waals surface area (Å²) in [4.78, 5) is 0. The molecule has 2 atom stereocenters. The second kappa shape index (κ2) is 9.28. The predicted molar refractivity (Wildman–Crippen MR) is 54.3 cm³/mol. The molecule has 0 aromatic carbocycles. The molecule has 0 amide bonds. The van der Waals surface area contributed by atoms with Gasteiger partial charge in [-0.1, -0.05) is 39.5 Å². The molecule has 2 nitrogen and oxygen atoms in total. The van der Waals surface area contributed by atoms with Crippen molar-refractivity contribution in [3.63, 3.8) is 0 Å². The summed E-state index contributed by atoms with van der Waals surface area (Å²) in [6.07, 6.45) is 7.22. The minimum absolute atomic E-state index is 0.258. The molecule has 0 aliphatic heterocycles. The number of hydrogen-bond donors (Lipinski definition) is 0. The zero-order chi connectivity index (χ0) is 9.23. The fourth-order valence-corrected chi connectivity index (χ4v) is 1.73. The Labute approximate surface area is 77.0 Å². The Morgan fingerprint density at radius 3 is 2.42 bits per heavy atom. The third-order valence-electron chi connectivity index (χ3n) is 1.99. The molecule has 0 spiro atoms. The van der Waals surface area contributed by atoms with E-state index in [9.17, 15) is 4.57 Å². The van der Waals surface area contributed by atoms with Crippen LogP contribution < -0.4 is 0 Å². The summed E-state index contributed by atoms with van der Waals surface area (Å²) in [5.41, 5.74) is 0. The standard InChI is InChI=1S/C9H21O2P/c1-3-5-6-8-9(7-4-2)11-12-10/h9H,3-8,12H2,1-2H3. The summed E-state index contributed by atoms with van der Waals surface area (Å²) in [6, 6.07) is 0. The van der Waals surface area contributed by atoms with Crippen LogP contribution in [0.2, 0.25) is 0 Å². The Morgan fingerprint density at radius 1 is 1.17 bits per heavy atom. The fraction of sp³-hybridized carbons (Fsp3) is 1.00. The molecule has 0 aromatic rings. The Bertz CT molecular complexity index is 107. The van der Waals surface area contributed by atoms with Gasteiger partial charge in [0.05, 0.1) is 6.10 Å². The summed E-state index contributed by atoms with van der Waals surface area (Å²) >= 11 is 0. The molecular weight excluding hydrogens is 171 g/mol. The molecule has 2 unspecified atom stereocenters. The molecule has 0 aliphatic carbocycles. The highest BCUT2D eigenvalue weighted by molar-refractivity contribution is 7.17. The molecular formula is C9H21O2P. The molecule has 0 N–H and O–H groups in total. The highest BCUT2D eigenvalue weighted by atomic mass is 31.1. The van der Waals surface area contributed by atoms with Crippen LogP contribution >= 0.6 is 8.69 Å². The van der Waals surface area contributed by atoms with Crippen LogP contribution in [-0.2, 0) is 9.09 Å². The summed E-state index contributed by atoms with van der Waals surface area (Å²) in [6.45, 7) is 4.32. The molecule has 74 valence electrons. The van der Waals surface area contributed by atoms with Gasteiger partial charge in [0.25, 0.3) is 0 Å². The van der Waals surface area contributed by atoms with Gasteiger partial charge in [-0.2, -0.15) is 0 Å². The quantitative estimate of drug-likeness (QED) is 0.435. The van der Waals surface area contributed by atoms with Crippen molar-refractivity contribution >= 4 is 8.69 Å². The van der Waals surface area contributed by atoms with Gasteiger partial charge < -0.3 is 4.52 Å². The van der Waals surface area contributed by atoms with Crippen molar-refractivity contribution in [3.8, 4) is 0 Å². The SMILES string of the molecule is CCCCCC(CCC)O[PH2]=O. The molecule has 0 saturated heterocycles. The highest BCUT2D eigenvalue weighted by Gasteiger charge is 2.05. The van der Waals surface area contributed by atoms with Crippen molar-refractivity contribution in [1.29, 1.82) is 0 Å². The van der Waals surface area contributed by atoms with Gasteiger partial charge in [0.2, 0.25) is 0 Å². The Balaban J connectivity index is 3.40. The molecule has 12 heavy (non-hydrogen) atoms. The highest BCUT2D eigenvalue weighted by Crippen LogP contribution is 2.16. The van der Waals surface area contributed by atoms with Gasteiger partial charge in [0, 0.05) is 0 Å². The lowest BCUT2D eigenvalue weighted by Crippen LogP contribution is -2.06. The predicted octanol–water partition coefficient (Wildman–Crippen LogP) is 3.42. The third kappa shape index (κ3) is 6.87. The van der Waals surface area contributed by atoms with Crippen LogP contribution in [0.5, 0.6) is 0 Å². The molecule has 0 fully saturated rings. The minimum atomic E-state index is -1.01. The first-order chi connectivity index (χ1) is 5.85. The lowest BCUT2D eigenvalue weighted by molar-refractivity contribution is 0.195. The lowest BCUT2D eigenvalue weighted by atomic mass is 10.1. The summed E-state index contributed by atoms with van der Waals surface area (Å²) in [7, 11) is -1.01. The largest absolute Gasteiger partial charge is 0.329 e. The lowest BCUT2D eigenvalue weighted by Gasteiger charge is -2.12. The van der Waals surface area contributed by atoms with E-state index in [0.717, 1.165) is 19.3 Å². The van der Waals surface area contributed by atoms with Gasteiger partial charge in [0.15, 0.2) is 8.69 Å². The fourth-order valence-electron chi connectivity index (χ4n) is 1.30. The first-order valence-corrected chi connectivity index (χ1v) is 5.88. The molecule has 0 bridgehead atoms. The van der Waals surface area contributed by atoms with Crippen molar-refractivity contribution < 1.29 is 9.09 Å². The smallest absolute Gasteiger partial charge is 0.180 e. The third-order valence-corrected chi connectivity index (χ3v) is 2.48.